The predicted molar refractivity (Wildman–Crippen MR) is 119 cm³/mol. The quantitative estimate of drug-likeness (QED) is 0.403. The smallest absolute Gasteiger partial charge is 0.255 e. The third kappa shape index (κ3) is 5.85. The minimum absolute atomic E-state index is 0.0701. The summed E-state index contributed by atoms with van der Waals surface area (Å²) in [6, 6.07) is 12.8. The van der Waals surface area contributed by atoms with Crippen molar-refractivity contribution >= 4 is 46.6 Å². The number of carbonyl (C=O) groups is 1. The van der Waals surface area contributed by atoms with Crippen LogP contribution in [0, 0.1) is 13.8 Å². The topological polar surface area (TPSA) is 74.8 Å². The molecule has 0 spiro atoms. The second-order valence-electron chi connectivity index (χ2n) is 6.54. The first-order valence-electron chi connectivity index (χ1n) is 8.85. The van der Waals surface area contributed by atoms with E-state index in [1.807, 2.05) is 37.3 Å². The van der Waals surface area contributed by atoms with Crippen LogP contribution in [0.1, 0.15) is 22.4 Å². The van der Waals surface area contributed by atoms with E-state index in [1.165, 1.54) is 11.8 Å². The van der Waals surface area contributed by atoms with Crippen molar-refractivity contribution in [3.63, 3.8) is 0 Å². The summed E-state index contributed by atoms with van der Waals surface area (Å²) in [5.41, 5.74) is 3.10. The lowest BCUT2D eigenvalue weighted by Gasteiger charge is -2.10. The van der Waals surface area contributed by atoms with E-state index < -0.39 is 0 Å². The van der Waals surface area contributed by atoms with E-state index in [9.17, 15) is 9.59 Å². The van der Waals surface area contributed by atoms with Crippen molar-refractivity contribution in [1.29, 1.82) is 0 Å². The maximum Gasteiger partial charge on any atom is 0.255 e. The van der Waals surface area contributed by atoms with Crippen LogP contribution in [0.4, 0.5) is 5.69 Å². The minimum Gasteiger partial charge on any atom is -0.326 e. The molecule has 5 nitrogen and oxygen atoms in total. The molecule has 0 aliphatic carbocycles. The first-order valence-corrected chi connectivity index (χ1v) is 10.6. The van der Waals surface area contributed by atoms with Crippen LogP contribution in [-0.4, -0.2) is 15.9 Å². The van der Waals surface area contributed by atoms with E-state index >= 15 is 0 Å². The van der Waals surface area contributed by atoms with Gasteiger partial charge in [-0.25, -0.2) is 4.98 Å². The molecule has 1 amide bonds. The summed E-state index contributed by atoms with van der Waals surface area (Å²) < 4.78 is 0. The molecule has 0 bridgehead atoms. The van der Waals surface area contributed by atoms with Crippen molar-refractivity contribution in [2.24, 2.45) is 0 Å². The van der Waals surface area contributed by atoms with Crippen LogP contribution in [0.3, 0.4) is 0 Å². The summed E-state index contributed by atoms with van der Waals surface area (Å²) in [5, 5.41) is 4.50. The third-order valence-electron chi connectivity index (χ3n) is 4.28. The number of nitrogens with zero attached hydrogens (tertiary/aromatic N) is 1. The van der Waals surface area contributed by atoms with Crippen LogP contribution in [0.15, 0.2) is 52.4 Å². The van der Waals surface area contributed by atoms with Gasteiger partial charge in [0.2, 0.25) is 5.91 Å². The molecule has 0 aliphatic heterocycles. The lowest BCUT2D eigenvalue weighted by atomic mass is 10.1. The molecule has 0 fully saturated rings. The highest BCUT2D eigenvalue weighted by atomic mass is 35.5. The highest BCUT2D eigenvalue weighted by molar-refractivity contribution is 7.98. The van der Waals surface area contributed by atoms with Gasteiger partial charge in [-0.3, -0.25) is 9.59 Å². The molecule has 1 heterocycles. The molecule has 3 aromatic rings. The van der Waals surface area contributed by atoms with E-state index in [0.29, 0.717) is 37.9 Å². The van der Waals surface area contributed by atoms with E-state index in [4.69, 9.17) is 23.2 Å². The van der Waals surface area contributed by atoms with Crippen molar-refractivity contribution in [1.82, 2.24) is 9.97 Å². The Balaban J connectivity index is 1.69. The van der Waals surface area contributed by atoms with E-state index in [1.54, 1.807) is 19.1 Å². The number of aromatic nitrogens is 2. The molecule has 2 N–H and O–H groups in total. The minimum atomic E-state index is -0.316. The molecule has 2 aromatic carbocycles. The highest BCUT2D eigenvalue weighted by Crippen LogP contribution is 2.22. The molecular formula is C21H19Cl2N3O2S. The van der Waals surface area contributed by atoms with Gasteiger partial charge < -0.3 is 10.3 Å². The number of rotatable bonds is 6. The van der Waals surface area contributed by atoms with E-state index in [0.717, 1.165) is 11.1 Å². The van der Waals surface area contributed by atoms with Crippen LogP contribution in [0.5, 0.6) is 0 Å². The van der Waals surface area contributed by atoms with Crippen LogP contribution in [0.25, 0.3) is 0 Å². The zero-order chi connectivity index (χ0) is 21.0. The number of nitrogens with one attached hydrogen (secondary N) is 2. The third-order valence-corrected chi connectivity index (χ3v) is 5.69. The molecular weight excluding hydrogens is 429 g/mol. The normalized spacial score (nSPS) is 10.8. The number of carbonyl (C=O) groups excluding carboxylic acids is 1. The molecule has 8 heteroatoms. The fraction of sp³-hybridized carbons (Fsp3) is 0.190. The first kappa shape index (κ1) is 21.4. The summed E-state index contributed by atoms with van der Waals surface area (Å²) in [5.74, 6) is 0.321. The summed E-state index contributed by atoms with van der Waals surface area (Å²) in [4.78, 5) is 32.1. The van der Waals surface area contributed by atoms with Crippen LogP contribution < -0.4 is 10.9 Å². The molecule has 0 unspecified atom stereocenters. The van der Waals surface area contributed by atoms with Crippen molar-refractivity contribution in [2.75, 3.05) is 5.32 Å². The molecule has 0 saturated carbocycles. The maximum absolute atomic E-state index is 12.5. The number of benzene rings is 2. The number of amides is 1. The Morgan fingerprint density at radius 3 is 2.62 bits per heavy atom. The van der Waals surface area contributed by atoms with Crippen LogP contribution >= 0.6 is 35.0 Å². The zero-order valence-electron chi connectivity index (χ0n) is 15.9. The zero-order valence-corrected chi connectivity index (χ0v) is 18.2. The monoisotopic (exact) mass is 447 g/mol. The van der Waals surface area contributed by atoms with E-state index in [-0.39, 0.29) is 17.9 Å². The Morgan fingerprint density at radius 2 is 1.90 bits per heavy atom. The number of hydrogen-bond donors (Lipinski definition) is 2. The molecule has 0 saturated heterocycles. The Hall–Kier alpha value is -2.28. The number of halogens is 2. The summed E-state index contributed by atoms with van der Waals surface area (Å²) in [7, 11) is 0. The van der Waals surface area contributed by atoms with Gasteiger partial charge in [0.25, 0.3) is 5.56 Å². The number of aryl methyl sites for hydroxylation is 2. The summed E-state index contributed by atoms with van der Waals surface area (Å²) in [6.45, 7) is 3.60. The van der Waals surface area contributed by atoms with Gasteiger partial charge >= 0.3 is 0 Å². The van der Waals surface area contributed by atoms with Gasteiger partial charge in [0.15, 0.2) is 5.16 Å². The summed E-state index contributed by atoms with van der Waals surface area (Å²) in [6.07, 6.45) is -0.0701. The first-order chi connectivity index (χ1) is 13.8. The number of thioether (sulfide) groups is 1. The Labute approximate surface area is 182 Å². The van der Waals surface area contributed by atoms with Crippen molar-refractivity contribution in [2.45, 2.75) is 31.2 Å². The van der Waals surface area contributed by atoms with Crippen LogP contribution in [0.2, 0.25) is 10.0 Å². The largest absolute Gasteiger partial charge is 0.326 e. The molecule has 3 rings (SSSR count). The number of aromatic amines is 1. The number of H-pyrrole nitrogens is 1. The lowest BCUT2D eigenvalue weighted by Crippen LogP contribution is -2.24. The Bertz CT molecular complexity index is 1120. The van der Waals surface area contributed by atoms with Gasteiger partial charge in [0.1, 0.15) is 0 Å². The van der Waals surface area contributed by atoms with Crippen molar-refractivity contribution < 1.29 is 4.79 Å². The maximum atomic E-state index is 12.5. The average Bonchev–Trinajstić information content (AvgIpc) is 2.66. The fourth-order valence-electron chi connectivity index (χ4n) is 2.72. The van der Waals surface area contributed by atoms with Gasteiger partial charge in [-0.05, 0) is 49.2 Å². The van der Waals surface area contributed by atoms with Crippen LogP contribution in [-0.2, 0) is 17.0 Å². The van der Waals surface area contributed by atoms with Crippen molar-refractivity contribution in [3.05, 3.63) is 85.2 Å². The second kappa shape index (κ2) is 9.48. The Kier molecular flexibility index (Phi) is 7.00. The van der Waals surface area contributed by atoms with Gasteiger partial charge in [-0.2, -0.15) is 0 Å². The molecule has 0 aliphatic rings. The standard InChI is InChI=1S/C21H19Cl2N3O2S/c1-12-6-7-16(23)9-18(12)25-19(27)10-17-13(2)24-21(26-20(17)28)29-11-14-4-3-5-15(22)8-14/h3-9H,10-11H2,1-2H3,(H,25,27)(H,24,26,28). The fourth-order valence-corrected chi connectivity index (χ4v) is 3.96. The lowest BCUT2D eigenvalue weighted by molar-refractivity contribution is -0.115. The van der Waals surface area contributed by atoms with Gasteiger partial charge in [0, 0.05) is 32.7 Å². The number of hydrogen-bond acceptors (Lipinski definition) is 4. The number of anilines is 1. The van der Waals surface area contributed by atoms with Gasteiger partial charge in [0.05, 0.1) is 6.42 Å². The molecule has 0 atom stereocenters. The van der Waals surface area contributed by atoms with Gasteiger partial charge in [-0.15, -0.1) is 0 Å². The van der Waals surface area contributed by atoms with Gasteiger partial charge in [-0.1, -0.05) is 53.2 Å². The summed E-state index contributed by atoms with van der Waals surface area (Å²) >= 11 is 13.4. The average molecular weight is 448 g/mol. The Morgan fingerprint density at radius 1 is 1.14 bits per heavy atom. The SMILES string of the molecule is Cc1ccc(Cl)cc1NC(=O)Cc1c(C)nc(SCc2cccc(Cl)c2)[nH]c1=O. The molecule has 29 heavy (non-hydrogen) atoms. The van der Waals surface area contributed by atoms with E-state index in [2.05, 4.69) is 15.3 Å². The molecule has 1 aromatic heterocycles. The molecule has 0 radical (unpaired) electrons. The molecule has 150 valence electrons. The highest BCUT2D eigenvalue weighted by Gasteiger charge is 2.14. The predicted octanol–water partition coefficient (Wildman–Crippen LogP) is 5.17. The second-order valence-corrected chi connectivity index (χ2v) is 8.37. The van der Waals surface area contributed by atoms with Crippen molar-refractivity contribution in [3.8, 4) is 0 Å².